The molecule has 0 radical (unpaired) electrons. The Labute approximate surface area is 159 Å². The highest BCUT2D eigenvalue weighted by Crippen LogP contribution is 2.45. The van der Waals surface area contributed by atoms with Crippen molar-refractivity contribution in [2.45, 2.75) is 44.7 Å². The van der Waals surface area contributed by atoms with E-state index in [4.69, 9.17) is 11.6 Å². The number of amides is 2. The number of likely N-dealkylation sites (N-methyl/N-ethyl adjacent to an activating group) is 1. The van der Waals surface area contributed by atoms with Crippen molar-refractivity contribution in [3.63, 3.8) is 0 Å². The first-order chi connectivity index (χ1) is 12.5. The number of carbonyl (C=O) groups excluding carboxylic acids is 1. The van der Waals surface area contributed by atoms with Gasteiger partial charge in [-0.2, -0.15) is 0 Å². The third-order valence-corrected chi connectivity index (χ3v) is 6.50. The molecule has 2 heterocycles. The van der Waals surface area contributed by atoms with E-state index in [2.05, 4.69) is 34.5 Å². The number of fused-ring (bicyclic) bond motifs is 2. The van der Waals surface area contributed by atoms with E-state index in [0.717, 1.165) is 43.0 Å². The van der Waals surface area contributed by atoms with Gasteiger partial charge in [0.25, 0.3) is 0 Å². The summed E-state index contributed by atoms with van der Waals surface area (Å²) < 4.78 is 0. The van der Waals surface area contributed by atoms with Gasteiger partial charge in [0.05, 0.1) is 0 Å². The molecule has 3 atom stereocenters. The molecule has 6 heteroatoms. The van der Waals surface area contributed by atoms with Crippen LogP contribution in [-0.4, -0.2) is 59.6 Å². The van der Waals surface area contributed by atoms with Crippen molar-refractivity contribution in [2.24, 2.45) is 0 Å². The van der Waals surface area contributed by atoms with Crippen LogP contribution in [0.1, 0.15) is 37.3 Å². The van der Waals surface area contributed by atoms with Crippen LogP contribution in [0, 0.1) is 0 Å². The second-order valence-corrected chi connectivity index (χ2v) is 7.98. The molecule has 1 fully saturated rings. The zero-order chi connectivity index (χ0) is 18.4. The number of benzene rings is 1. The van der Waals surface area contributed by atoms with Gasteiger partial charge in [0.15, 0.2) is 0 Å². The minimum absolute atomic E-state index is 0.0364. The number of hydrogen-bond acceptors (Lipinski definition) is 2. The topological polar surface area (TPSA) is 51.4 Å². The van der Waals surface area contributed by atoms with E-state index in [-0.39, 0.29) is 12.1 Å². The fourth-order valence-corrected chi connectivity index (χ4v) is 5.16. The van der Waals surface area contributed by atoms with Crippen LogP contribution in [0.3, 0.4) is 0 Å². The molecule has 0 bridgehead atoms. The van der Waals surface area contributed by atoms with Gasteiger partial charge in [0.2, 0.25) is 0 Å². The third-order valence-electron chi connectivity index (χ3n) is 6.17. The first-order valence-electron chi connectivity index (χ1n) is 9.57. The molecular weight excluding hydrogens is 348 g/mol. The van der Waals surface area contributed by atoms with Crippen LogP contribution in [0.25, 0.3) is 10.9 Å². The van der Waals surface area contributed by atoms with Crippen molar-refractivity contribution >= 4 is 28.5 Å². The quantitative estimate of drug-likeness (QED) is 0.862. The Hall–Kier alpha value is -1.72. The largest absolute Gasteiger partial charge is 0.361 e. The smallest absolute Gasteiger partial charge is 0.317 e. The fraction of sp³-hybridized carbons (Fsp3) is 0.550. The summed E-state index contributed by atoms with van der Waals surface area (Å²) in [7, 11) is 2.17. The summed E-state index contributed by atoms with van der Waals surface area (Å²) in [6, 6.07) is 4.68. The van der Waals surface area contributed by atoms with Crippen molar-refractivity contribution in [2.75, 3.05) is 26.7 Å². The highest BCUT2D eigenvalue weighted by atomic mass is 35.5. The highest BCUT2D eigenvalue weighted by molar-refractivity contribution is 6.32. The zero-order valence-electron chi connectivity index (χ0n) is 15.7. The molecule has 4 rings (SSSR count). The summed E-state index contributed by atoms with van der Waals surface area (Å²) in [6.07, 6.45) is 4.10. The summed E-state index contributed by atoms with van der Waals surface area (Å²) in [6.45, 7) is 6.37. The van der Waals surface area contributed by atoms with Gasteiger partial charge in [0.1, 0.15) is 0 Å². The maximum Gasteiger partial charge on any atom is 0.317 e. The van der Waals surface area contributed by atoms with Crippen LogP contribution in [0.2, 0.25) is 5.02 Å². The predicted molar refractivity (Wildman–Crippen MR) is 106 cm³/mol. The molecular formula is C20H27ClN4O. The molecule has 2 N–H and O–H groups in total. The van der Waals surface area contributed by atoms with Crippen LogP contribution >= 0.6 is 11.6 Å². The Balaban J connectivity index is 1.64. The molecule has 5 nitrogen and oxygen atoms in total. The lowest BCUT2D eigenvalue weighted by Gasteiger charge is -2.46. The number of H-pyrrole nitrogens is 1. The first kappa shape index (κ1) is 17.7. The van der Waals surface area contributed by atoms with Gasteiger partial charge in [0, 0.05) is 59.8 Å². The molecule has 2 aliphatic rings. The number of aromatic amines is 1. The number of nitrogens with zero attached hydrogens (tertiary/aromatic N) is 2. The number of carbonyl (C=O) groups is 1. The van der Waals surface area contributed by atoms with Crippen LogP contribution in [0.4, 0.5) is 4.79 Å². The lowest BCUT2D eigenvalue weighted by Crippen LogP contribution is -2.56. The molecule has 1 aromatic heterocycles. The summed E-state index contributed by atoms with van der Waals surface area (Å²) in [5.41, 5.74) is 3.77. The highest BCUT2D eigenvalue weighted by Gasteiger charge is 2.41. The normalized spacial score (nSPS) is 25.2. The maximum absolute atomic E-state index is 12.5. The summed E-state index contributed by atoms with van der Waals surface area (Å²) in [5, 5.41) is 5.39. The minimum Gasteiger partial charge on any atom is -0.361 e. The molecule has 2 amide bonds. The average molecular weight is 375 g/mol. The number of rotatable bonds is 3. The number of urea groups is 1. The number of hydrogen-bond donors (Lipinski definition) is 2. The predicted octanol–water partition coefficient (Wildman–Crippen LogP) is 3.59. The van der Waals surface area contributed by atoms with Gasteiger partial charge in [-0.25, -0.2) is 4.79 Å². The molecule has 0 saturated carbocycles. The van der Waals surface area contributed by atoms with E-state index in [1.165, 1.54) is 16.5 Å². The van der Waals surface area contributed by atoms with Crippen molar-refractivity contribution in [1.82, 2.24) is 20.1 Å². The van der Waals surface area contributed by atoms with Crippen molar-refractivity contribution in [3.8, 4) is 0 Å². The van der Waals surface area contributed by atoms with Gasteiger partial charge in [-0.3, -0.25) is 0 Å². The van der Waals surface area contributed by atoms with Crippen molar-refractivity contribution < 1.29 is 4.79 Å². The SMILES string of the molecule is CCN(CC)C(=O)N[C@H]1C[C@@H]2c3c(Cl)ccc4[nH]cc(c34)C[C@H]2N(C)C1. The van der Waals surface area contributed by atoms with Gasteiger partial charge in [-0.1, -0.05) is 11.6 Å². The minimum atomic E-state index is 0.0364. The van der Waals surface area contributed by atoms with E-state index in [9.17, 15) is 4.79 Å². The van der Waals surface area contributed by atoms with Gasteiger partial charge in [-0.15, -0.1) is 0 Å². The molecule has 0 spiro atoms. The standard InChI is InChI=1S/C20H27ClN4O/c1-4-25(5-2)20(26)23-13-9-14-17(24(3)11-13)8-12-10-22-16-7-6-15(21)19(14)18(12)16/h6-7,10,13-14,17,22H,4-5,8-9,11H2,1-3H3,(H,23,26)/t13-,14-,17+/m0/s1. The number of likely N-dealkylation sites (tertiary alicyclic amines) is 1. The Kier molecular flexibility index (Phi) is 4.61. The first-order valence-corrected chi connectivity index (χ1v) is 9.95. The maximum atomic E-state index is 12.5. The number of nitrogens with one attached hydrogen (secondary N) is 2. The van der Waals surface area contributed by atoms with E-state index < -0.39 is 0 Å². The molecule has 0 unspecified atom stereocenters. The van der Waals surface area contributed by atoms with E-state index >= 15 is 0 Å². The monoisotopic (exact) mass is 374 g/mol. The zero-order valence-corrected chi connectivity index (χ0v) is 16.4. The lowest BCUT2D eigenvalue weighted by molar-refractivity contribution is 0.124. The number of halogens is 1. The summed E-state index contributed by atoms with van der Waals surface area (Å²) in [5.74, 6) is 0.343. The number of piperidine rings is 1. The Morgan fingerprint density at radius 2 is 2.15 bits per heavy atom. The van der Waals surface area contributed by atoms with Gasteiger partial charge in [-0.05, 0) is 57.0 Å². The van der Waals surface area contributed by atoms with Crippen LogP contribution in [-0.2, 0) is 6.42 Å². The Bertz CT molecular complexity index is 829. The Morgan fingerprint density at radius 3 is 2.88 bits per heavy atom. The second kappa shape index (κ2) is 6.78. The van der Waals surface area contributed by atoms with Gasteiger partial charge < -0.3 is 20.1 Å². The van der Waals surface area contributed by atoms with Crippen LogP contribution < -0.4 is 5.32 Å². The summed E-state index contributed by atoms with van der Waals surface area (Å²) >= 11 is 6.65. The lowest BCUT2D eigenvalue weighted by atomic mass is 9.74. The molecule has 140 valence electrons. The molecule has 2 aromatic rings. The van der Waals surface area contributed by atoms with Crippen molar-refractivity contribution in [1.29, 1.82) is 0 Å². The number of aromatic nitrogens is 1. The van der Waals surface area contributed by atoms with Crippen LogP contribution in [0.5, 0.6) is 0 Å². The molecule has 1 saturated heterocycles. The Morgan fingerprint density at radius 1 is 1.38 bits per heavy atom. The van der Waals surface area contributed by atoms with Gasteiger partial charge >= 0.3 is 6.03 Å². The van der Waals surface area contributed by atoms with E-state index in [0.29, 0.717) is 12.0 Å². The third kappa shape index (κ3) is 2.78. The average Bonchev–Trinajstić information content (AvgIpc) is 3.02. The summed E-state index contributed by atoms with van der Waals surface area (Å²) in [4.78, 5) is 20.1. The molecule has 1 aliphatic carbocycles. The molecule has 26 heavy (non-hydrogen) atoms. The van der Waals surface area contributed by atoms with Crippen molar-refractivity contribution in [3.05, 3.63) is 34.5 Å². The fourth-order valence-electron chi connectivity index (χ4n) is 4.86. The van der Waals surface area contributed by atoms with E-state index in [1.54, 1.807) is 0 Å². The second-order valence-electron chi connectivity index (χ2n) is 7.57. The van der Waals surface area contributed by atoms with Crippen LogP contribution in [0.15, 0.2) is 18.3 Å². The van der Waals surface area contributed by atoms with E-state index in [1.807, 2.05) is 24.8 Å². The molecule has 1 aromatic carbocycles. The molecule has 1 aliphatic heterocycles.